The van der Waals surface area contributed by atoms with Crippen LogP contribution in [0.25, 0.3) is 0 Å². The van der Waals surface area contributed by atoms with Gasteiger partial charge in [0.05, 0.1) is 6.04 Å². The number of nitrogens with zero attached hydrogens (tertiary/aromatic N) is 3. The third-order valence-electron chi connectivity index (χ3n) is 2.26. The molecule has 1 aromatic heterocycles. The third-order valence-corrected chi connectivity index (χ3v) is 2.77. The smallest absolute Gasteiger partial charge is 0.243 e. The van der Waals surface area contributed by atoms with E-state index in [1.165, 1.54) is 0 Å². The molecule has 0 saturated carbocycles. The SMILES string of the molecule is N[C@@H](Cc1ccc(O)cc1)C(=O)Nc1nnns1. The zero-order chi connectivity index (χ0) is 13.0. The first-order valence-corrected chi connectivity index (χ1v) is 5.92. The van der Waals surface area contributed by atoms with E-state index in [-0.39, 0.29) is 11.7 Å². The summed E-state index contributed by atoms with van der Waals surface area (Å²) in [7, 11) is 0. The average molecular weight is 265 g/mol. The van der Waals surface area contributed by atoms with Gasteiger partial charge in [0, 0.05) is 11.5 Å². The van der Waals surface area contributed by atoms with E-state index in [4.69, 9.17) is 10.8 Å². The number of carbonyl (C=O) groups is 1. The molecule has 2 aromatic rings. The van der Waals surface area contributed by atoms with Crippen molar-refractivity contribution in [1.29, 1.82) is 0 Å². The predicted octanol–water partition coefficient (Wildman–Crippen LogP) is 0.147. The first-order valence-electron chi connectivity index (χ1n) is 5.14. The van der Waals surface area contributed by atoms with Gasteiger partial charge in [-0.15, -0.1) is 0 Å². The fourth-order valence-corrected chi connectivity index (χ4v) is 1.73. The number of anilines is 1. The first kappa shape index (κ1) is 12.4. The highest BCUT2D eigenvalue weighted by molar-refractivity contribution is 7.09. The van der Waals surface area contributed by atoms with Crippen LogP contribution in [-0.2, 0) is 11.2 Å². The number of nitrogens with two attached hydrogens (primary N) is 1. The summed E-state index contributed by atoms with van der Waals surface area (Å²) in [6, 6.07) is 5.84. The molecule has 1 amide bonds. The minimum Gasteiger partial charge on any atom is -0.508 e. The van der Waals surface area contributed by atoms with E-state index in [9.17, 15) is 4.79 Å². The number of benzene rings is 1. The highest BCUT2D eigenvalue weighted by atomic mass is 32.1. The number of hydrogen-bond donors (Lipinski definition) is 3. The number of aromatic hydroxyl groups is 1. The van der Waals surface area contributed by atoms with Crippen molar-refractivity contribution in [2.45, 2.75) is 12.5 Å². The lowest BCUT2D eigenvalue weighted by Crippen LogP contribution is -2.37. The Morgan fingerprint density at radius 2 is 2.17 bits per heavy atom. The Morgan fingerprint density at radius 3 is 2.78 bits per heavy atom. The fraction of sp³-hybridized carbons (Fsp3) is 0.200. The van der Waals surface area contributed by atoms with Crippen LogP contribution in [0.5, 0.6) is 5.75 Å². The fourth-order valence-electron chi connectivity index (χ4n) is 1.36. The lowest BCUT2D eigenvalue weighted by molar-refractivity contribution is -0.117. The molecule has 0 aliphatic rings. The van der Waals surface area contributed by atoms with Crippen molar-refractivity contribution in [3.05, 3.63) is 29.8 Å². The molecular formula is C10H11N5O2S. The molecule has 0 aliphatic heterocycles. The van der Waals surface area contributed by atoms with E-state index in [2.05, 4.69) is 20.1 Å². The number of carbonyl (C=O) groups excluding carboxylic acids is 1. The second kappa shape index (κ2) is 5.52. The van der Waals surface area contributed by atoms with Crippen molar-refractivity contribution in [2.24, 2.45) is 5.73 Å². The number of phenols is 1. The van der Waals surface area contributed by atoms with Gasteiger partial charge in [0.2, 0.25) is 11.0 Å². The number of rotatable bonds is 4. The molecule has 0 bridgehead atoms. The maximum absolute atomic E-state index is 11.7. The minimum absolute atomic E-state index is 0.178. The highest BCUT2D eigenvalue weighted by Gasteiger charge is 2.15. The predicted molar refractivity (Wildman–Crippen MR) is 66.1 cm³/mol. The molecule has 7 nitrogen and oxygen atoms in total. The van der Waals surface area contributed by atoms with Crippen LogP contribution < -0.4 is 11.1 Å². The summed E-state index contributed by atoms with van der Waals surface area (Å²) in [5.74, 6) is -0.168. The summed E-state index contributed by atoms with van der Waals surface area (Å²) in [6.45, 7) is 0. The molecule has 0 aliphatic carbocycles. The van der Waals surface area contributed by atoms with Gasteiger partial charge in [-0.05, 0) is 29.3 Å². The van der Waals surface area contributed by atoms with E-state index in [1.54, 1.807) is 24.3 Å². The van der Waals surface area contributed by atoms with E-state index >= 15 is 0 Å². The Balaban J connectivity index is 1.93. The Hall–Kier alpha value is -2.06. The normalized spacial score (nSPS) is 12.1. The van der Waals surface area contributed by atoms with Crippen LogP contribution in [0.1, 0.15) is 5.56 Å². The summed E-state index contributed by atoms with van der Waals surface area (Å²) < 4.78 is 3.53. The summed E-state index contributed by atoms with van der Waals surface area (Å²) in [4.78, 5) is 11.7. The van der Waals surface area contributed by atoms with Crippen molar-refractivity contribution in [1.82, 2.24) is 14.8 Å². The van der Waals surface area contributed by atoms with E-state index in [0.29, 0.717) is 11.6 Å². The molecule has 1 atom stereocenters. The number of nitrogens with one attached hydrogen (secondary N) is 1. The van der Waals surface area contributed by atoms with Crippen LogP contribution >= 0.6 is 11.5 Å². The second-order valence-corrected chi connectivity index (χ2v) is 4.37. The molecule has 0 radical (unpaired) electrons. The van der Waals surface area contributed by atoms with Gasteiger partial charge in [-0.25, -0.2) is 0 Å². The van der Waals surface area contributed by atoms with E-state index in [1.807, 2.05) is 0 Å². The van der Waals surface area contributed by atoms with Gasteiger partial charge in [0.15, 0.2) is 0 Å². The minimum atomic E-state index is -0.696. The van der Waals surface area contributed by atoms with Gasteiger partial charge >= 0.3 is 0 Å². The Labute approximate surface area is 107 Å². The number of aromatic nitrogens is 3. The lowest BCUT2D eigenvalue weighted by atomic mass is 10.1. The van der Waals surface area contributed by atoms with Crippen LogP contribution in [0.15, 0.2) is 24.3 Å². The number of hydrogen-bond acceptors (Lipinski definition) is 7. The summed E-state index contributed by atoms with van der Waals surface area (Å²) in [5, 5.41) is 18.9. The molecule has 0 spiro atoms. The largest absolute Gasteiger partial charge is 0.508 e. The summed E-state index contributed by atoms with van der Waals surface area (Å²) in [6.07, 6.45) is 0.373. The topological polar surface area (TPSA) is 114 Å². The average Bonchev–Trinajstić information content (AvgIpc) is 2.85. The van der Waals surface area contributed by atoms with Crippen LogP contribution in [0.2, 0.25) is 0 Å². The third kappa shape index (κ3) is 3.22. The van der Waals surface area contributed by atoms with Crippen molar-refractivity contribution < 1.29 is 9.90 Å². The van der Waals surface area contributed by atoms with Gasteiger partial charge in [-0.2, -0.15) is 0 Å². The van der Waals surface area contributed by atoms with Crippen molar-refractivity contribution >= 4 is 22.6 Å². The van der Waals surface area contributed by atoms with Gasteiger partial charge in [-0.1, -0.05) is 21.7 Å². The van der Waals surface area contributed by atoms with Crippen molar-refractivity contribution in [3.8, 4) is 5.75 Å². The lowest BCUT2D eigenvalue weighted by Gasteiger charge is -2.10. The molecule has 0 fully saturated rings. The molecule has 0 saturated heterocycles. The molecule has 4 N–H and O–H groups in total. The molecular weight excluding hydrogens is 254 g/mol. The number of amides is 1. The Morgan fingerprint density at radius 1 is 1.44 bits per heavy atom. The highest BCUT2D eigenvalue weighted by Crippen LogP contribution is 2.11. The molecule has 1 aromatic carbocycles. The molecule has 94 valence electrons. The van der Waals surface area contributed by atoms with Crippen LogP contribution in [0.3, 0.4) is 0 Å². The molecule has 1 heterocycles. The van der Waals surface area contributed by atoms with Gasteiger partial charge in [-0.3, -0.25) is 10.1 Å². The Kier molecular flexibility index (Phi) is 3.80. The molecule has 2 rings (SSSR count). The van der Waals surface area contributed by atoms with E-state index in [0.717, 1.165) is 17.1 Å². The number of phenolic OH excluding ortho intramolecular Hbond substituents is 1. The zero-order valence-electron chi connectivity index (χ0n) is 9.28. The van der Waals surface area contributed by atoms with Crippen molar-refractivity contribution in [3.63, 3.8) is 0 Å². The van der Waals surface area contributed by atoms with Gasteiger partial charge < -0.3 is 10.8 Å². The van der Waals surface area contributed by atoms with Crippen LogP contribution in [-0.4, -0.2) is 31.9 Å². The zero-order valence-corrected chi connectivity index (χ0v) is 10.1. The monoisotopic (exact) mass is 265 g/mol. The van der Waals surface area contributed by atoms with E-state index < -0.39 is 6.04 Å². The van der Waals surface area contributed by atoms with Gasteiger partial charge in [0.1, 0.15) is 5.75 Å². The van der Waals surface area contributed by atoms with Crippen LogP contribution in [0.4, 0.5) is 5.13 Å². The van der Waals surface area contributed by atoms with Crippen molar-refractivity contribution in [2.75, 3.05) is 5.32 Å². The standard InChI is InChI=1S/C10H11N5O2S/c11-8(5-6-1-3-7(16)4-2-6)9(17)12-10-13-14-15-18-10/h1-4,8,16H,5,11H2,(H,12,13,15,17)/t8-/m0/s1. The molecule has 8 heteroatoms. The second-order valence-electron chi connectivity index (χ2n) is 3.63. The Bertz CT molecular complexity index is 514. The first-order chi connectivity index (χ1) is 8.65. The van der Waals surface area contributed by atoms with Crippen LogP contribution in [0, 0.1) is 0 Å². The molecule has 0 unspecified atom stereocenters. The maximum Gasteiger partial charge on any atom is 0.243 e. The summed E-state index contributed by atoms with van der Waals surface area (Å²) >= 11 is 0.984. The molecule has 18 heavy (non-hydrogen) atoms. The summed E-state index contributed by atoms with van der Waals surface area (Å²) in [5.41, 5.74) is 6.63. The van der Waals surface area contributed by atoms with Gasteiger partial charge in [0.25, 0.3) is 0 Å². The quantitative estimate of drug-likeness (QED) is 0.725. The maximum atomic E-state index is 11.7.